The van der Waals surface area contributed by atoms with Gasteiger partial charge in [-0.2, -0.15) is 0 Å². The largest absolute Gasteiger partial charge is 0.331 e. The fourth-order valence-corrected chi connectivity index (χ4v) is 2.99. The Labute approximate surface area is 128 Å². The molecule has 4 heteroatoms. The molecule has 0 spiro atoms. The number of amides is 2. The Balaban J connectivity index is 2.18. The Bertz CT molecular complexity index is 458. The van der Waals surface area contributed by atoms with E-state index in [0.717, 1.165) is 19.5 Å². The molecular weight excluding hydrogens is 262 g/mol. The van der Waals surface area contributed by atoms with Crippen LogP contribution in [0.1, 0.15) is 31.9 Å². The second-order valence-corrected chi connectivity index (χ2v) is 6.49. The lowest BCUT2D eigenvalue weighted by atomic mass is 9.97. The first-order valence-corrected chi connectivity index (χ1v) is 7.75. The highest BCUT2D eigenvalue weighted by Gasteiger charge is 2.33. The number of hydrogen-bond donors (Lipinski definition) is 1. The highest BCUT2D eigenvalue weighted by Crippen LogP contribution is 2.26. The van der Waals surface area contributed by atoms with Crippen molar-refractivity contribution in [2.45, 2.75) is 32.4 Å². The van der Waals surface area contributed by atoms with Gasteiger partial charge in [0.1, 0.15) is 0 Å². The van der Waals surface area contributed by atoms with Crippen molar-refractivity contribution in [3.8, 4) is 0 Å². The average molecular weight is 289 g/mol. The molecule has 116 valence electrons. The molecule has 2 unspecified atom stereocenters. The lowest BCUT2D eigenvalue weighted by molar-refractivity contribution is 0.115. The van der Waals surface area contributed by atoms with E-state index in [2.05, 4.69) is 31.3 Å². The van der Waals surface area contributed by atoms with Gasteiger partial charge in [-0.1, -0.05) is 44.2 Å². The summed E-state index contributed by atoms with van der Waals surface area (Å²) in [7, 11) is 3.65. The van der Waals surface area contributed by atoms with Crippen LogP contribution in [-0.4, -0.2) is 49.1 Å². The minimum Gasteiger partial charge on any atom is -0.331 e. The van der Waals surface area contributed by atoms with Gasteiger partial charge >= 0.3 is 6.03 Å². The predicted molar refractivity (Wildman–Crippen MR) is 86.2 cm³/mol. The standard InChI is InChI=1S/C17H27N3O/c1-13(2)10-15-12-20(17(21)19(3)4)16(11-18-15)14-8-6-5-7-9-14/h5-9,13,15-16,18H,10-12H2,1-4H3. The summed E-state index contributed by atoms with van der Waals surface area (Å²) in [4.78, 5) is 16.2. The van der Waals surface area contributed by atoms with Crippen molar-refractivity contribution in [2.24, 2.45) is 5.92 Å². The SMILES string of the molecule is CC(C)CC1CN(C(=O)N(C)C)C(c2ccccc2)CN1. The quantitative estimate of drug-likeness (QED) is 0.928. The fourth-order valence-electron chi connectivity index (χ4n) is 2.99. The summed E-state index contributed by atoms with van der Waals surface area (Å²) in [5.41, 5.74) is 1.20. The molecule has 0 aromatic heterocycles. The summed E-state index contributed by atoms with van der Waals surface area (Å²) >= 11 is 0. The highest BCUT2D eigenvalue weighted by atomic mass is 16.2. The van der Waals surface area contributed by atoms with Gasteiger partial charge in [0, 0.05) is 33.2 Å². The van der Waals surface area contributed by atoms with Gasteiger partial charge in [0.2, 0.25) is 0 Å². The molecule has 1 aromatic rings. The third kappa shape index (κ3) is 3.97. The van der Waals surface area contributed by atoms with Crippen LogP contribution in [0.3, 0.4) is 0 Å². The Hall–Kier alpha value is -1.55. The first kappa shape index (κ1) is 15.8. The lowest BCUT2D eigenvalue weighted by Gasteiger charge is -2.42. The molecule has 1 heterocycles. The molecule has 21 heavy (non-hydrogen) atoms. The van der Waals surface area contributed by atoms with Crippen molar-refractivity contribution >= 4 is 6.03 Å². The molecule has 0 radical (unpaired) electrons. The smallest absolute Gasteiger partial charge is 0.320 e. The number of carbonyl (C=O) groups is 1. The molecule has 4 nitrogen and oxygen atoms in total. The van der Waals surface area contributed by atoms with Crippen LogP contribution in [0, 0.1) is 5.92 Å². The predicted octanol–water partition coefficient (Wildman–Crippen LogP) is 2.73. The maximum Gasteiger partial charge on any atom is 0.320 e. The van der Waals surface area contributed by atoms with Gasteiger partial charge in [-0.25, -0.2) is 4.79 Å². The number of carbonyl (C=O) groups excluding carboxylic acids is 1. The van der Waals surface area contributed by atoms with Crippen LogP contribution in [0.5, 0.6) is 0 Å². The zero-order valence-corrected chi connectivity index (χ0v) is 13.5. The van der Waals surface area contributed by atoms with Crippen LogP contribution in [-0.2, 0) is 0 Å². The van der Waals surface area contributed by atoms with Gasteiger partial charge in [-0.05, 0) is 17.9 Å². The molecular formula is C17H27N3O. The van der Waals surface area contributed by atoms with Crippen molar-refractivity contribution in [1.29, 1.82) is 0 Å². The maximum absolute atomic E-state index is 12.5. The van der Waals surface area contributed by atoms with Crippen LogP contribution in [0.25, 0.3) is 0 Å². The number of nitrogens with zero attached hydrogens (tertiary/aromatic N) is 2. The molecule has 0 aliphatic carbocycles. The first-order valence-electron chi connectivity index (χ1n) is 7.75. The van der Waals surface area contributed by atoms with Gasteiger partial charge in [-0.3, -0.25) is 0 Å². The molecule has 0 bridgehead atoms. The number of rotatable bonds is 3. The van der Waals surface area contributed by atoms with E-state index in [0.29, 0.717) is 12.0 Å². The normalized spacial score (nSPS) is 22.4. The number of piperazine rings is 1. The van der Waals surface area contributed by atoms with Crippen LogP contribution in [0.4, 0.5) is 4.79 Å². The van der Waals surface area contributed by atoms with Crippen molar-refractivity contribution in [1.82, 2.24) is 15.1 Å². The van der Waals surface area contributed by atoms with E-state index in [1.807, 2.05) is 37.2 Å². The Kier molecular flexibility index (Phi) is 5.23. The van der Waals surface area contributed by atoms with Crippen LogP contribution in [0.2, 0.25) is 0 Å². The van der Waals surface area contributed by atoms with Crippen molar-refractivity contribution in [3.05, 3.63) is 35.9 Å². The molecule has 1 aliphatic heterocycles. The van der Waals surface area contributed by atoms with Crippen molar-refractivity contribution in [2.75, 3.05) is 27.2 Å². The molecule has 1 aliphatic rings. The topological polar surface area (TPSA) is 35.6 Å². The van der Waals surface area contributed by atoms with Crippen LogP contribution in [0.15, 0.2) is 30.3 Å². The molecule has 1 fully saturated rings. The fraction of sp³-hybridized carbons (Fsp3) is 0.588. The van der Waals surface area contributed by atoms with E-state index in [9.17, 15) is 4.79 Å². The summed E-state index contributed by atoms with van der Waals surface area (Å²) in [5, 5.41) is 3.61. The summed E-state index contributed by atoms with van der Waals surface area (Å²) in [5.74, 6) is 0.632. The van der Waals surface area contributed by atoms with Crippen molar-refractivity contribution in [3.63, 3.8) is 0 Å². The molecule has 1 aromatic carbocycles. The third-order valence-electron chi connectivity index (χ3n) is 3.96. The zero-order chi connectivity index (χ0) is 15.4. The molecule has 1 N–H and O–H groups in total. The monoisotopic (exact) mass is 289 g/mol. The third-order valence-corrected chi connectivity index (χ3v) is 3.96. The maximum atomic E-state index is 12.5. The molecule has 0 saturated carbocycles. The summed E-state index contributed by atoms with van der Waals surface area (Å²) in [6.45, 7) is 6.04. The minimum absolute atomic E-state index is 0.0964. The van der Waals surface area contributed by atoms with Gasteiger partial charge in [0.25, 0.3) is 0 Å². The Morgan fingerprint density at radius 3 is 2.57 bits per heavy atom. The zero-order valence-electron chi connectivity index (χ0n) is 13.5. The minimum atomic E-state index is 0.0964. The van der Waals surface area contributed by atoms with E-state index < -0.39 is 0 Å². The average Bonchev–Trinajstić information content (AvgIpc) is 2.46. The van der Waals surface area contributed by atoms with Crippen molar-refractivity contribution < 1.29 is 4.79 Å². The van der Waals surface area contributed by atoms with Crippen LogP contribution < -0.4 is 5.32 Å². The highest BCUT2D eigenvalue weighted by molar-refractivity contribution is 5.74. The van der Waals surface area contributed by atoms with Gasteiger partial charge < -0.3 is 15.1 Å². The molecule has 2 amide bonds. The van der Waals surface area contributed by atoms with Gasteiger partial charge in [0.05, 0.1) is 6.04 Å². The number of urea groups is 1. The summed E-state index contributed by atoms with van der Waals surface area (Å²) < 4.78 is 0. The van der Waals surface area contributed by atoms with Gasteiger partial charge in [0.15, 0.2) is 0 Å². The Morgan fingerprint density at radius 2 is 2.00 bits per heavy atom. The van der Waals surface area contributed by atoms with E-state index >= 15 is 0 Å². The molecule has 2 rings (SSSR count). The van der Waals surface area contributed by atoms with E-state index in [4.69, 9.17) is 0 Å². The first-order chi connectivity index (χ1) is 9.99. The lowest BCUT2D eigenvalue weighted by Crippen LogP contribution is -2.56. The second-order valence-electron chi connectivity index (χ2n) is 6.49. The van der Waals surface area contributed by atoms with Crippen LogP contribution >= 0.6 is 0 Å². The summed E-state index contributed by atoms with van der Waals surface area (Å²) in [6, 6.07) is 10.9. The van der Waals surface area contributed by atoms with E-state index in [-0.39, 0.29) is 12.1 Å². The number of hydrogen-bond acceptors (Lipinski definition) is 2. The number of benzene rings is 1. The summed E-state index contributed by atoms with van der Waals surface area (Å²) in [6.07, 6.45) is 1.10. The van der Waals surface area contributed by atoms with E-state index in [1.165, 1.54) is 5.56 Å². The number of nitrogens with one attached hydrogen (secondary N) is 1. The molecule has 1 saturated heterocycles. The second kappa shape index (κ2) is 6.94. The molecule has 2 atom stereocenters. The van der Waals surface area contributed by atoms with Gasteiger partial charge in [-0.15, -0.1) is 0 Å². The Morgan fingerprint density at radius 1 is 1.33 bits per heavy atom. The van der Waals surface area contributed by atoms with E-state index in [1.54, 1.807) is 4.90 Å².